The lowest BCUT2D eigenvalue weighted by Gasteiger charge is -2.20. The van der Waals surface area contributed by atoms with Crippen LogP contribution in [-0.2, 0) is 9.47 Å². The molecule has 1 aliphatic heterocycles. The summed E-state index contributed by atoms with van der Waals surface area (Å²) in [7, 11) is 2.67. The van der Waals surface area contributed by atoms with Gasteiger partial charge in [0.2, 0.25) is 0 Å². The molecule has 1 heterocycles. The van der Waals surface area contributed by atoms with Gasteiger partial charge in [-0.25, -0.2) is 13.6 Å². The Bertz CT molecular complexity index is 511. The smallest absolute Gasteiger partial charge is 0.340 e. The molecule has 20 heavy (non-hydrogen) atoms. The summed E-state index contributed by atoms with van der Waals surface area (Å²) in [5.74, 6) is -3.23. The van der Waals surface area contributed by atoms with Gasteiger partial charge in [-0.1, -0.05) is 0 Å². The van der Waals surface area contributed by atoms with Crippen molar-refractivity contribution in [1.29, 1.82) is 0 Å². The fourth-order valence-corrected chi connectivity index (χ4v) is 2.17. The zero-order chi connectivity index (χ0) is 14.7. The Kier molecular flexibility index (Phi) is 4.51. The number of halogens is 2. The fourth-order valence-electron chi connectivity index (χ4n) is 2.17. The molecule has 0 radical (unpaired) electrons. The van der Waals surface area contributed by atoms with E-state index in [2.05, 4.69) is 15.4 Å². The second-order valence-electron chi connectivity index (χ2n) is 4.46. The van der Waals surface area contributed by atoms with E-state index >= 15 is 0 Å². The average molecular weight is 286 g/mol. The molecule has 2 rings (SSSR count). The number of methoxy groups -OCH3 is 2. The molecule has 110 valence electrons. The minimum atomic E-state index is -1.22. The molecule has 2 N–H and O–H groups in total. The van der Waals surface area contributed by atoms with Gasteiger partial charge in [0.1, 0.15) is 0 Å². The maximum atomic E-state index is 13.9. The number of rotatable bonds is 4. The van der Waals surface area contributed by atoms with E-state index in [4.69, 9.17) is 4.74 Å². The number of hydrogen-bond donors (Lipinski definition) is 2. The van der Waals surface area contributed by atoms with Crippen molar-refractivity contribution < 1.29 is 23.0 Å². The second-order valence-corrected chi connectivity index (χ2v) is 4.46. The van der Waals surface area contributed by atoms with E-state index in [1.165, 1.54) is 12.1 Å². The highest BCUT2D eigenvalue weighted by Gasteiger charge is 2.28. The van der Waals surface area contributed by atoms with Gasteiger partial charge in [0.25, 0.3) is 0 Å². The highest BCUT2D eigenvalue weighted by Crippen LogP contribution is 2.23. The lowest BCUT2D eigenvalue weighted by atomic mass is 10.1. The van der Waals surface area contributed by atoms with Gasteiger partial charge in [0, 0.05) is 20.2 Å². The Morgan fingerprint density at radius 3 is 2.70 bits per heavy atom. The fraction of sp³-hybridized carbons (Fsp3) is 0.462. The van der Waals surface area contributed by atoms with Crippen molar-refractivity contribution in [3.63, 3.8) is 0 Å². The van der Waals surface area contributed by atoms with Gasteiger partial charge in [-0.3, -0.25) is 0 Å². The number of nitrogens with one attached hydrogen (secondary N) is 2. The van der Waals surface area contributed by atoms with Crippen molar-refractivity contribution in [2.75, 3.05) is 32.6 Å². The van der Waals surface area contributed by atoms with Gasteiger partial charge >= 0.3 is 5.97 Å². The quantitative estimate of drug-likeness (QED) is 0.813. The van der Waals surface area contributed by atoms with Gasteiger partial charge in [0.15, 0.2) is 11.6 Å². The van der Waals surface area contributed by atoms with Crippen LogP contribution in [0.1, 0.15) is 10.4 Å². The van der Waals surface area contributed by atoms with Crippen LogP contribution < -0.4 is 10.6 Å². The molecule has 0 saturated carbocycles. The minimum absolute atomic E-state index is 0.00842. The second kappa shape index (κ2) is 6.15. The molecule has 0 bridgehead atoms. The van der Waals surface area contributed by atoms with Crippen LogP contribution in [0.25, 0.3) is 0 Å². The number of ether oxygens (including phenoxy) is 2. The van der Waals surface area contributed by atoms with Crippen molar-refractivity contribution in [3.8, 4) is 0 Å². The number of carbonyl (C=O) groups excluding carboxylic acids is 1. The summed E-state index contributed by atoms with van der Waals surface area (Å²) in [6.45, 7) is 1.22. The standard InChI is InChI=1S/C13H16F2N2O3/c1-19-10-6-16-5-9(10)17-8-4-3-7(13(18)20-2)11(14)12(8)15/h3-4,9-10,16-17H,5-6H2,1-2H3/t9?,10-/m0/s1. The lowest BCUT2D eigenvalue weighted by Crippen LogP contribution is -2.34. The van der Waals surface area contributed by atoms with Crippen molar-refractivity contribution in [3.05, 3.63) is 29.3 Å². The topological polar surface area (TPSA) is 59.6 Å². The Labute approximate surface area is 115 Å². The molecule has 0 aliphatic carbocycles. The molecule has 1 saturated heterocycles. The minimum Gasteiger partial charge on any atom is -0.465 e. The van der Waals surface area contributed by atoms with E-state index in [1.54, 1.807) is 7.11 Å². The third-order valence-corrected chi connectivity index (χ3v) is 3.29. The first-order chi connectivity index (χ1) is 9.58. The van der Waals surface area contributed by atoms with Crippen LogP contribution in [0.5, 0.6) is 0 Å². The van der Waals surface area contributed by atoms with E-state index < -0.39 is 23.2 Å². The molecule has 1 fully saturated rings. The first-order valence-corrected chi connectivity index (χ1v) is 6.14. The maximum absolute atomic E-state index is 13.9. The van der Waals surface area contributed by atoms with Crippen LogP contribution in [0.4, 0.5) is 14.5 Å². The van der Waals surface area contributed by atoms with Gasteiger partial charge in [-0.15, -0.1) is 0 Å². The third-order valence-electron chi connectivity index (χ3n) is 3.29. The lowest BCUT2D eigenvalue weighted by molar-refractivity contribution is 0.0594. The molecule has 7 heteroatoms. The Morgan fingerprint density at radius 2 is 2.05 bits per heavy atom. The van der Waals surface area contributed by atoms with Crippen molar-refractivity contribution in [2.24, 2.45) is 0 Å². The number of hydrogen-bond acceptors (Lipinski definition) is 5. The van der Waals surface area contributed by atoms with Gasteiger partial charge in [0.05, 0.1) is 30.5 Å². The van der Waals surface area contributed by atoms with Gasteiger partial charge < -0.3 is 20.1 Å². The third kappa shape index (κ3) is 2.73. The van der Waals surface area contributed by atoms with Crippen LogP contribution in [0.15, 0.2) is 12.1 Å². The van der Waals surface area contributed by atoms with Crippen LogP contribution in [0.2, 0.25) is 0 Å². The van der Waals surface area contributed by atoms with E-state index in [9.17, 15) is 13.6 Å². The maximum Gasteiger partial charge on any atom is 0.340 e. The molecule has 0 amide bonds. The predicted molar refractivity (Wildman–Crippen MR) is 68.8 cm³/mol. The highest BCUT2D eigenvalue weighted by atomic mass is 19.2. The highest BCUT2D eigenvalue weighted by molar-refractivity contribution is 5.90. The van der Waals surface area contributed by atoms with E-state index in [0.717, 1.165) is 7.11 Å². The number of anilines is 1. The number of carbonyl (C=O) groups is 1. The first kappa shape index (κ1) is 14.7. The summed E-state index contributed by atoms with van der Waals surface area (Å²) in [6, 6.07) is 2.34. The Hall–Kier alpha value is -1.73. The molecule has 0 aromatic heterocycles. The van der Waals surface area contributed by atoms with E-state index in [1.807, 2.05) is 0 Å². The SMILES string of the molecule is COC(=O)c1ccc(NC2CNC[C@@H]2OC)c(F)c1F. The van der Waals surface area contributed by atoms with Crippen molar-refractivity contribution in [1.82, 2.24) is 5.32 Å². The summed E-state index contributed by atoms with van der Waals surface area (Å²) >= 11 is 0. The average Bonchev–Trinajstić information content (AvgIpc) is 2.90. The van der Waals surface area contributed by atoms with Crippen LogP contribution in [-0.4, -0.2) is 45.4 Å². The van der Waals surface area contributed by atoms with Crippen molar-refractivity contribution >= 4 is 11.7 Å². The number of benzene rings is 1. The molecule has 1 aliphatic rings. The largest absolute Gasteiger partial charge is 0.465 e. The molecule has 1 aromatic carbocycles. The molecule has 2 atom stereocenters. The van der Waals surface area contributed by atoms with Gasteiger partial charge in [-0.2, -0.15) is 0 Å². The normalized spacial score (nSPS) is 21.8. The molecule has 0 spiro atoms. The zero-order valence-electron chi connectivity index (χ0n) is 11.2. The van der Waals surface area contributed by atoms with Crippen molar-refractivity contribution in [2.45, 2.75) is 12.1 Å². The summed E-state index contributed by atoms with van der Waals surface area (Å²) in [4.78, 5) is 11.3. The van der Waals surface area contributed by atoms with E-state index in [0.29, 0.717) is 13.1 Å². The first-order valence-electron chi connectivity index (χ1n) is 6.14. The molecular weight excluding hydrogens is 270 g/mol. The van der Waals surface area contributed by atoms with Crippen LogP contribution >= 0.6 is 0 Å². The summed E-state index contributed by atoms with van der Waals surface area (Å²) in [5.41, 5.74) is -0.436. The molecule has 1 aromatic rings. The molecule has 5 nitrogen and oxygen atoms in total. The van der Waals surface area contributed by atoms with Crippen LogP contribution in [0.3, 0.4) is 0 Å². The molecule has 1 unspecified atom stereocenters. The van der Waals surface area contributed by atoms with Gasteiger partial charge in [-0.05, 0) is 12.1 Å². The summed E-state index contributed by atoms with van der Waals surface area (Å²) in [6.07, 6.45) is -0.127. The van der Waals surface area contributed by atoms with Crippen LogP contribution in [0, 0.1) is 11.6 Å². The monoisotopic (exact) mass is 286 g/mol. The summed E-state index contributed by atoms with van der Waals surface area (Å²) < 4.78 is 37.3. The van der Waals surface area contributed by atoms with E-state index in [-0.39, 0.29) is 17.8 Å². The number of esters is 1. The molecular formula is C13H16F2N2O3. The predicted octanol–water partition coefficient (Wildman–Crippen LogP) is 1.15. The zero-order valence-corrected chi connectivity index (χ0v) is 11.2. The Balaban J connectivity index is 2.21. The Morgan fingerprint density at radius 1 is 1.30 bits per heavy atom. The summed E-state index contributed by atoms with van der Waals surface area (Å²) in [5, 5.41) is 5.97.